The summed E-state index contributed by atoms with van der Waals surface area (Å²) in [4.78, 5) is 16.6. The van der Waals surface area contributed by atoms with Gasteiger partial charge in [0.1, 0.15) is 9.71 Å². The normalized spacial score (nSPS) is 12.4. The highest BCUT2D eigenvalue weighted by Crippen LogP contribution is 2.42. The molecule has 126 valence electrons. The number of aromatic nitrogens is 1. The third-order valence-electron chi connectivity index (χ3n) is 3.24. The number of amides is 1. The van der Waals surface area contributed by atoms with Crippen molar-refractivity contribution in [2.24, 2.45) is 0 Å². The van der Waals surface area contributed by atoms with Gasteiger partial charge in [-0.2, -0.15) is 13.2 Å². The van der Waals surface area contributed by atoms with Crippen LogP contribution in [0.15, 0.2) is 6.07 Å². The molecule has 0 saturated heterocycles. The van der Waals surface area contributed by atoms with E-state index < -0.39 is 17.6 Å². The first-order chi connectivity index (χ1) is 10.5. The number of halogens is 3. The van der Waals surface area contributed by atoms with Gasteiger partial charge in [-0.15, -0.1) is 11.3 Å². The van der Waals surface area contributed by atoms with Gasteiger partial charge in [-0.1, -0.05) is 13.8 Å². The number of pyridine rings is 1. The first-order valence-electron chi connectivity index (χ1n) is 7.13. The molecule has 2 aromatic rings. The number of fused-ring (bicyclic) bond motifs is 1. The van der Waals surface area contributed by atoms with Gasteiger partial charge >= 0.3 is 6.18 Å². The number of nitrogens with zero attached hydrogens (tertiary/aromatic N) is 1. The molecule has 3 N–H and O–H groups in total. The van der Waals surface area contributed by atoms with E-state index in [0.29, 0.717) is 5.69 Å². The zero-order chi connectivity index (χ0) is 17.5. The molecule has 1 amide bonds. The van der Waals surface area contributed by atoms with Gasteiger partial charge in [0.2, 0.25) is 0 Å². The Balaban J connectivity index is 2.73. The van der Waals surface area contributed by atoms with Crippen molar-refractivity contribution in [1.82, 2.24) is 10.3 Å². The molecule has 2 heterocycles. The fraction of sp³-hybridized carbons (Fsp3) is 0.467. The molecule has 8 heteroatoms. The number of rotatable bonds is 3. The minimum Gasteiger partial charge on any atom is -0.397 e. The zero-order valence-electron chi connectivity index (χ0n) is 13.2. The Hall–Kier alpha value is -1.83. The summed E-state index contributed by atoms with van der Waals surface area (Å²) in [6.45, 7) is 7.05. The van der Waals surface area contributed by atoms with Crippen LogP contribution in [0.2, 0.25) is 0 Å². The Morgan fingerprint density at radius 1 is 1.30 bits per heavy atom. The third-order valence-corrected chi connectivity index (χ3v) is 4.34. The lowest BCUT2D eigenvalue weighted by molar-refractivity contribution is -0.136. The Bertz CT molecular complexity index is 750. The summed E-state index contributed by atoms with van der Waals surface area (Å²) in [5, 5.41) is 2.45. The lowest BCUT2D eigenvalue weighted by Crippen LogP contribution is -2.29. The first kappa shape index (κ1) is 17.5. The average Bonchev–Trinajstić information content (AvgIpc) is 2.73. The van der Waals surface area contributed by atoms with Crippen LogP contribution >= 0.6 is 11.3 Å². The Morgan fingerprint density at radius 3 is 2.39 bits per heavy atom. The SMILES string of the molecule is CC(C)NC(=O)c1sc2nc(C(C)C)cc(C(F)(F)F)c2c1N. The molecule has 0 atom stereocenters. The molecular formula is C15H18F3N3OS. The fourth-order valence-electron chi connectivity index (χ4n) is 2.16. The van der Waals surface area contributed by atoms with Gasteiger partial charge in [0.15, 0.2) is 0 Å². The maximum Gasteiger partial charge on any atom is 0.417 e. The van der Waals surface area contributed by atoms with Gasteiger partial charge in [-0.3, -0.25) is 4.79 Å². The second kappa shape index (κ2) is 5.99. The van der Waals surface area contributed by atoms with E-state index in [1.807, 2.05) is 0 Å². The van der Waals surface area contributed by atoms with E-state index in [9.17, 15) is 18.0 Å². The van der Waals surface area contributed by atoms with E-state index in [2.05, 4.69) is 10.3 Å². The summed E-state index contributed by atoms with van der Waals surface area (Å²) in [6, 6.07) is 0.869. The van der Waals surface area contributed by atoms with E-state index >= 15 is 0 Å². The minimum atomic E-state index is -4.56. The molecule has 0 aromatic carbocycles. The van der Waals surface area contributed by atoms with Crippen LogP contribution in [0, 0.1) is 0 Å². The number of nitrogens with two attached hydrogens (primary N) is 1. The largest absolute Gasteiger partial charge is 0.417 e. The van der Waals surface area contributed by atoms with Crippen LogP contribution < -0.4 is 11.1 Å². The van der Waals surface area contributed by atoms with E-state index in [4.69, 9.17) is 5.73 Å². The van der Waals surface area contributed by atoms with Crippen LogP contribution in [0.3, 0.4) is 0 Å². The van der Waals surface area contributed by atoms with E-state index in [-0.39, 0.29) is 32.7 Å². The van der Waals surface area contributed by atoms with Gasteiger partial charge in [0, 0.05) is 17.1 Å². The first-order valence-corrected chi connectivity index (χ1v) is 7.95. The van der Waals surface area contributed by atoms with Crippen molar-refractivity contribution in [3.63, 3.8) is 0 Å². The van der Waals surface area contributed by atoms with Crippen LogP contribution in [0.1, 0.15) is 54.5 Å². The molecule has 0 aliphatic heterocycles. The monoisotopic (exact) mass is 345 g/mol. The number of alkyl halides is 3. The third kappa shape index (κ3) is 3.41. The molecular weight excluding hydrogens is 327 g/mol. The van der Waals surface area contributed by atoms with Crippen molar-refractivity contribution in [1.29, 1.82) is 0 Å². The van der Waals surface area contributed by atoms with Crippen LogP contribution in [0.25, 0.3) is 10.2 Å². The molecule has 0 unspecified atom stereocenters. The highest BCUT2D eigenvalue weighted by atomic mass is 32.1. The quantitative estimate of drug-likeness (QED) is 0.878. The van der Waals surface area contributed by atoms with E-state index in [1.54, 1.807) is 27.7 Å². The van der Waals surface area contributed by atoms with Gasteiger partial charge in [-0.25, -0.2) is 4.98 Å². The van der Waals surface area contributed by atoms with Crippen LogP contribution in [-0.4, -0.2) is 16.9 Å². The van der Waals surface area contributed by atoms with Crippen LogP contribution in [0.4, 0.5) is 18.9 Å². The number of hydrogen-bond donors (Lipinski definition) is 2. The number of nitrogens with one attached hydrogen (secondary N) is 1. The van der Waals surface area contributed by atoms with Crippen molar-refractivity contribution in [3.8, 4) is 0 Å². The lowest BCUT2D eigenvalue weighted by atomic mass is 10.0. The highest BCUT2D eigenvalue weighted by Gasteiger charge is 2.36. The van der Waals surface area contributed by atoms with Crippen LogP contribution in [0.5, 0.6) is 0 Å². The summed E-state index contributed by atoms with van der Waals surface area (Å²) in [6.07, 6.45) is -4.56. The standard InChI is InChI=1S/C15H18F3N3OS/c1-6(2)9-5-8(15(16,17)18)10-11(19)12(23-14(10)21-9)13(22)20-7(3)4/h5-7H,19H2,1-4H3,(H,20,22). The number of anilines is 1. The smallest absolute Gasteiger partial charge is 0.397 e. The van der Waals surface area contributed by atoms with Crippen molar-refractivity contribution >= 4 is 33.1 Å². The molecule has 2 aromatic heterocycles. The molecule has 0 aliphatic carbocycles. The topological polar surface area (TPSA) is 68.0 Å². The summed E-state index contributed by atoms with van der Waals surface area (Å²) in [5.74, 6) is -0.656. The summed E-state index contributed by atoms with van der Waals surface area (Å²) in [5.41, 5.74) is 5.16. The minimum absolute atomic E-state index is 0.0626. The number of carbonyl (C=O) groups is 1. The average molecular weight is 345 g/mol. The predicted molar refractivity (Wildman–Crippen MR) is 85.7 cm³/mol. The number of carbonyl (C=O) groups excluding carboxylic acids is 1. The summed E-state index contributed by atoms with van der Waals surface area (Å²) >= 11 is 0.888. The van der Waals surface area contributed by atoms with Crippen molar-refractivity contribution in [3.05, 3.63) is 22.2 Å². The molecule has 2 rings (SSSR count). The van der Waals surface area contributed by atoms with Crippen molar-refractivity contribution < 1.29 is 18.0 Å². The second-order valence-corrected chi connectivity index (χ2v) is 6.90. The maximum atomic E-state index is 13.4. The lowest BCUT2D eigenvalue weighted by Gasteiger charge is -2.12. The molecule has 0 aliphatic rings. The fourth-order valence-corrected chi connectivity index (χ4v) is 3.19. The molecule has 0 bridgehead atoms. The molecule has 0 spiro atoms. The second-order valence-electron chi connectivity index (χ2n) is 5.90. The Labute approximate surface area is 135 Å². The molecule has 0 radical (unpaired) electrons. The van der Waals surface area contributed by atoms with Gasteiger partial charge in [0.05, 0.1) is 11.3 Å². The van der Waals surface area contributed by atoms with Crippen molar-refractivity contribution in [2.45, 2.75) is 45.8 Å². The molecule has 0 fully saturated rings. The Kier molecular flexibility index (Phi) is 4.57. The predicted octanol–water partition coefficient (Wildman–Crippen LogP) is 4.16. The summed E-state index contributed by atoms with van der Waals surface area (Å²) in [7, 11) is 0. The number of hydrogen-bond acceptors (Lipinski definition) is 4. The zero-order valence-corrected chi connectivity index (χ0v) is 14.0. The molecule has 4 nitrogen and oxygen atoms in total. The number of thiophene rings is 1. The Morgan fingerprint density at radius 2 is 1.91 bits per heavy atom. The molecule has 23 heavy (non-hydrogen) atoms. The van der Waals surface area contributed by atoms with E-state index in [1.165, 1.54) is 0 Å². The van der Waals surface area contributed by atoms with Gasteiger partial charge in [0.25, 0.3) is 5.91 Å². The highest BCUT2D eigenvalue weighted by molar-refractivity contribution is 7.21. The van der Waals surface area contributed by atoms with Gasteiger partial charge in [-0.05, 0) is 25.8 Å². The van der Waals surface area contributed by atoms with Crippen molar-refractivity contribution in [2.75, 3.05) is 5.73 Å². The molecule has 0 saturated carbocycles. The van der Waals surface area contributed by atoms with Gasteiger partial charge < -0.3 is 11.1 Å². The number of nitrogen functional groups attached to an aromatic ring is 1. The van der Waals surface area contributed by atoms with E-state index in [0.717, 1.165) is 17.4 Å². The van der Waals surface area contributed by atoms with Crippen LogP contribution in [-0.2, 0) is 6.18 Å². The summed E-state index contributed by atoms with van der Waals surface area (Å²) < 4.78 is 40.1. The maximum absolute atomic E-state index is 13.4.